The second kappa shape index (κ2) is 25.2. The van der Waals surface area contributed by atoms with Crippen molar-refractivity contribution >= 4 is 12.4 Å². The van der Waals surface area contributed by atoms with Crippen LogP contribution in [0.2, 0.25) is 0 Å². The number of nitrogens with zero attached hydrogens (tertiary/aromatic N) is 2. The molecule has 0 amide bonds. The van der Waals surface area contributed by atoms with Gasteiger partial charge in [0.15, 0.2) is 12.4 Å². The van der Waals surface area contributed by atoms with Gasteiger partial charge in [-0.3, -0.25) is 0 Å². The van der Waals surface area contributed by atoms with Crippen molar-refractivity contribution < 1.29 is 0 Å². The van der Waals surface area contributed by atoms with E-state index in [1.807, 2.05) is 12.4 Å². The Balaban J connectivity index is 1.70. The van der Waals surface area contributed by atoms with Crippen LogP contribution in [0.1, 0.15) is 174 Å². The van der Waals surface area contributed by atoms with E-state index in [4.69, 9.17) is 9.98 Å². The molecule has 40 heavy (non-hydrogen) atoms. The van der Waals surface area contributed by atoms with Gasteiger partial charge in [0.05, 0.1) is 5.92 Å². The first-order chi connectivity index (χ1) is 19.8. The van der Waals surface area contributed by atoms with E-state index in [1.165, 1.54) is 160 Å². The van der Waals surface area contributed by atoms with Gasteiger partial charge in [-0.2, -0.15) is 0 Å². The molecule has 226 valence electrons. The van der Waals surface area contributed by atoms with Gasteiger partial charge in [0, 0.05) is 0 Å². The molecule has 1 aromatic carbocycles. The summed E-state index contributed by atoms with van der Waals surface area (Å²) in [4.78, 5) is 9.48. The third-order valence-electron chi connectivity index (χ3n) is 9.02. The number of unbranched alkanes of at least 4 members (excludes halogenated alkanes) is 20. The van der Waals surface area contributed by atoms with Crippen molar-refractivity contribution in [2.45, 2.75) is 174 Å². The van der Waals surface area contributed by atoms with Gasteiger partial charge in [-0.25, -0.2) is 0 Å². The maximum Gasteiger partial charge on any atom is 0.244 e. The van der Waals surface area contributed by atoms with E-state index < -0.39 is 0 Å². The fraction of sp³-hybridized carbons (Fsp3) is 0.763. The summed E-state index contributed by atoms with van der Waals surface area (Å²) in [6.07, 6.45) is 39.6. The monoisotopic (exact) mass is 550 g/mol. The van der Waals surface area contributed by atoms with E-state index in [2.05, 4.69) is 44.2 Å². The van der Waals surface area contributed by atoms with Gasteiger partial charge in [0.1, 0.15) is 0 Å². The minimum absolute atomic E-state index is 0.497. The molecule has 0 aliphatic carbocycles. The summed E-state index contributed by atoms with van der Waals surface area (Å²) >= 11 is 0. The topological polar surface area (TPSA) is 24.7 Å². The van der Waals surface area contributed by atoms with Crippen molar-refractivity contribution in [1.29, 1.82) is 0 Å². The Morgan fingerprint density at radius 3 is 1.35 bits per heavy atom. The summed E-state index contributed by atoms with van der Waals surface area (Å²) in [5.74, 6) is 1.14. The first-order valence-electron chi connectivity index (χ1n) is 17.8. The molecule has 1 aliphatic heterocycles. The molecule has 1 aromatic rings. The van der Waals surface area contributed by atoms with E-state index in [9.17, 15) is 0 Å². The SMILES string of the molecule is CCCCCCCCCCCCCCCCC([C+]1N=CC=N1)C(CCCCCCCCCC)Cc1ccccc1. The molecule has 2 atom stereocenters. The Labute approximate surface area is 250 Å². The molecule has 2 rings (SSSR count). The van der Waals surface area contributed by atoms with Crippen LogP contribution in [0.15, 0.2) is 40.3 Å². The smallest absolute Gasteiger partial charge is 0.0965 e. The van der Waals surface area contributed by atoms with Crippen LogP contribution in [-0.2, 0) is 6.42 Å². The van der Waals surface area contributed by atoms with Gasteiger partial charge in [-0.1, -0.05) is 195 Å². The molecule has 2 heteroatoms. The highest BCUT2D eigenvalue weighted by atomic mass is 15.0. The standard InChI is InChI=1S/C38H65N2/c1-3-5-7-9-11-13-14-15-16-17-18-20-22-27-31-37(38-39-32-33-40-38)36(34-35-28-24-23-25-29-35)30-26-21-19-12-10-8-6-4-2/h23-25,28-29,32-33,36-37H,3-22,26-27,30-31,34H2,1-2H3/q+1. The van der Waals surface area contributed by atoms with Gasteiger partial charge >= 0.3 is 0 Å². The van der Waals surface area contributed by atoms with Crippen molar-refractivity contribution in [2.75, 3.05) is 0 Å². The number of benzene rings is 1. The summed E-state index contributed by atoms with van der Waals surface area (Å²) in [7, 11) is 0. The van der Waals surface area contributed by atoms with E-state index in [0.717, 1.165) is 12.6 Å². The van der Waals surface area contributed by atoms with Gasteiger partial charge in [-0.05, 0) is 30.7 Å². The zero-order chi connectivity index (χ0) is 28.4. The minimum atomic E-state index is 0.497. The quantitative estimate of drug-likeness (QED) is 0.0733. The number of hydrogen-bond donors (Lipinski definition) is 0. The third kappa shape index (κ3) is 17.3. The van der Waals surface area contributed by atoms with Crippen molar-refractivity contribution in [3.05, 3.63) is 42.1 Å². The highest BCUT2D eigenvalue weighted by Crippen LogP contribution is 2.37. The van der Waals surface area contributed by atoms with Crippen molar-refractivity contribution in [1.82, 2.24) is 0 Å². The number of rotatable bonds is 28. The molecular weight excluding hydrogens is 484 g/mol. The molecule has 0 saturated heterocycles. The fourth-order valence-corrected chi connectivity index (χ4v) is 6.48. The molecule has 2 nitrogen and oxygen atoms in total. The average Bonchev–Trinajstić information content (AvgIpc) is 3.51. The lowest BCUT2D eigenvalue weighted by Gasteiger charge is -2.26. The van der Waals surface area contributed by atoms with Gasteiger partial charge in [0.2, 0.25) is 6.17 Å². The van der Waals surface area contributed by atoms with Crippen molar-refractivity contribution in [2.24, 2.45) is 21.8 Å². The van der Waals surface area contributed by atoms with Crippen LogP contribution in [0.5, 0.6) is 0 Å². The van der Waals surface area contributed by atoms with Crippen molar-refractivity contribution in [3.63, 3.8) is 0 Å². The van der Waals surface area contributed by atoms with Crippen LogP contribution >= 0.6 is 0 Å². The molecule has 0 fully saturated rings. The Kier molecular flexibility index (Phi) is 21.8. The fourth-order valence-electron chi connectivity index (χ4n) is 6.48. The summed E-state index contributed by atoms with van der Waals surface area (Å²) in [5.41, 5.74) is 1.48. The Morgan fingerprint density at radius 1 is 0.500 bits per heavy atom. The third-order valence-corrected chi connectivity index (χ3v) is 9.02. The van der Waals surface area contributed by atoms with Crippen LogP contribution in [0.4, 0.5) is 0 Å². The van der Waals surface area contributed by atoms with Crippen LogP contribution in [0, 0.1) is 18.0 Å². The van der Waals surface area contributed by atoms with Crippen molar-refractivity contribution in [3.8, 4) is 0 Å². The molecule has 0 saturated carbocycles. The molecule has 0 aromatic heterocycles. The average molecular weight is 550 g/mol. The molecule has 0 radical (unpaired) electrons. The van der Waals surface area contributed by atoms with E-state index >= 15 is 0 Å². The second-order valence-corrected chi connectivity index (χ2v) is 12.6. The van der Waals surface area contributed by atoms with Gasteiger partial charge in [0.25, 0.3) is 0 Å². The predicted molar refractivity (Wildman–Crippen MR) is 180 cm³/mol. The Hall–Kier alpha value is -1.57. The lowest BCUT2D eigenvalue weighted by molar-refractivity contribution is 0.284. The minimum Gasteiger partial charge on any atom is -0.0965 e. The van der Waals surface area contributed by atoms with Gasteiger partial charge < -0.3 is 0 Å². The molecule has 2 unspecified atom stereocenters. The molecule has 0 N–H and O–H groups in total. The molecular formula is C38H65N2+. The van der Waals surface area contributed by atoms with Gasteiger partial charge in [-0.15, -0.1) is 0 Å². The normalized spacial score (nSPS) is 14.3. The first kappa shape index (κ1) is 34.6. The lowest BCUT2D eigenvalue weighted by Crippen LogP contribution is -2.22. The highest BCUT2D eigenvalue weighted by molar-refractivity contribution is 6.18. The summed E-state index contributed by atoms with van der Waals surface area (Å²) in [6.45, 7) is 4.61. The maximum atomic E-state index is 4.74. The Bertz CT molecular complexity index is 712. The molecule has 1 heterocycles. The molecule has 0 bridgehead atoms. The highest BCUT2D eigenvalue weighted by Gasteiger charge is 2.35. The predicted octanol–water partition coefficient (Wildman–Crippen LogP) is 12.5. The first-order valence-corrected chi connectivity index (χ1v) is 17.8. The Morgan fingerprint density at radius 2 is 0.900 bits per heavy atom. The van der Waals surface area contributed by atoms with E-state index in [-0.39, 0.29) is 0 Å². The van der Waals surface area contributed by atoms with E-state index in [1.54, 1.807) is 0 Å². The second-order valence-electron chi connectivity index (χ2n) is 12.6. The van der Waals surface area contributed by atoms with Crippen LogP contribution in [-0.4, -0.2) is 12.4 Å². The molecule has 0 spiro atoms. The van der Waals surface area contributed by atoms with Crippen LogP contribution < -0.4 is 0 Å². The zero-order valence-corrected chi connectivity index (χ0v) is 26.8. The van der Waals surface area contributed by atoms with Crippen LogP contribution in [0.25, 0.3) is 0 Å². The maximum absolute atomic E-state index is 4.74. The largest absolute Gasteiger partial charge is 0.244 e. The number of hydrogen-bond acceptors (Lipinski definition) is 2. The summed E-state index contributed by atoms with van der Waals surface area (Å²) < 4.78 is 0. The van der Waals surface area contributed by atoms with E-state index in [0.29, 0.717) is 11.8 Å². The summed E-state index contributed by atoms with van der Waals surface area (Å²) in [6, 6.07) is 11.2. The summed E-state index contributed by atoms with van der Waals surface area (Å²) in [5, 5.41) is 0. The molecule has 1 aliphatic rings. The number of aliphatic imine (C=N–C) groups is 2. The van der Waals surface area contributed by atoms with Crippen LogP contribution in [0.3, 0.4) is 0 Å². The zero-order valence-electron chi connectivity index (χ0n) is 26.8. The lowest BCUT2D eigenvalue weighted by atomic mass is 9.78.